The van der Waals surface area contributed by atoms with E-state index in [0.29, 0.717) is 0 Å². The van der Waals surface area contributed by atoms with E-state index in [1.165, 1.54) is 6.42 Å². The predicted octanol–water partition coefficient (Wildman–Crippen LogP) is 1.89. The Balaban J connectivity index is 1.98. The van der Waals surface area contributed by atoms with Gasteiger partial charge in [-0.25, -0.2) is 4.98 Å². The highest BCUT2D eigenvalue weighted by Crippen LogP contribution is 2.38. The van der Waals surface area contributed by atoms with Gasteiger partial charge in [-0.2, -0.15) is 0 Å². The lowest BCUT2D eigenvalue weighted by atomic mass is 10.3. The Hall–Kier alpha value is -1.09. The lowest BCUT2D eigenvalue weighted by molar-refractivity contribution is 0.714. The molecular formula is C13H21N3. The van der Waals surface area contributed by atoms with Crippen LogP contribution >= 0.6 is 0 Å². The van der Waals surface area contributed by atoms with Crippen molar-refractivity contribution < 1.29 is 0 Å². The average molecular weight is 219 g/mol. The first-order chi connectivity index (χ1) is 7.70. The molecule has 1 N–H and O–H groups in total. The van der Waals surface area contributed by atoms with Crippen LogP contribution in [0.25, 0.3) is 0 Å². The molecule has 0 saturated heterocycles. The molecule has 2 unspecified atom stereocenters. The van der Waals surface area contributed by atoms with Crippen LogP contribution < -0.4 is 10.2 Å². The number of hydrogen-bond donors (Lipinski definition) is 1. The summed E-state index contributed by atoms with van der Waals surface area (Å²) in [4.78, 5) is 6.90. The third-order valence-electron chi connectivity index (χ3n) is 3.33. The van der Waals surface area contributed by atoms with Crippen molar-refractivity contribution in [3.63, 3.8) is 0 Å². The van der Waals surface area contributed by atoms with Crippen LogP contribution in [0.15, 0.2) is 18.2 Å². The Labute approximate surface area is 97.9 Å². The molecule has 0 bridgehead atoms. The average Bonchev–Trinajstić information content (AvgIpc) is 2.95. The zero-order valence-electron chi connectivity index (χ0n) is 10.4. The van der Waals surface area contributed by atoms with E-state index in [-0.39, 0.29) is 0 Å². The van der Waals surface area contributed by atoms with E-state index in [1.807, 2.05) is 7.05 Å². The summed E-state index contributed by atoms with van der Waals surface area (Å²) in [7, 11) is 4.08. The SMILES string of the molecule is CNCc1cccc(N(C)CC2CC2C)n1. The monoisotopic (exact) mass is 219 g/mol. The van der Waals surface area contributed by atoms with Crippen LogP contribution in [0.2, 0.25) is 0 Å². The number of aromatic nitrogens is 1. The second-order valence-corrected chi connectivity index (χ2v) is 4.87. The predicted molar refractivity (Wildman–Crippen MR) is 67.5 cm³/mol. The number of pyridine rings is 1. The molecule has 88 valence electrons. The molecule has 1 aromatic rings. The summed E-state index contributed by atoms with van der Waals surface area (Å²) in [5, 5.41) is 3.13. The van der Waals surface area contributed by atoms with Crippen molar-refractivity contribution in [3.05, 3.63) is 23.9 Å². The van der Waals surface area contributed by atoms with Gasteiger partial charge < -0.3 is 10.2 Å². The molecule has 3 nitrogen and oxygen atoms in total. The van der Waals surface area contributed by atoms with Crippen LogP contribution in [0.1, 0.15) is 19.0 Å². The Bertz CT molecular complexity index is 351. The lowest BCUT2D eigenvalue weighted by Gasteiger charge is -2.18. The van der Waals surface area contributed by atoms with Crippen molar-refractivity contribution in [2.24, 2.45) is 11.8 Å². The molecule has 0 radical (unpaired) electrons. The number of anilines is 1. The summed E-state index contributed by atoms with van der Waals surface area (Å²) < 4.78 is 0. The van der Waals surface area contributed by atoms with Gasteiger partial charge in [-0.05, 0) is 37.4 Å². The first kappa shape index (κ1) is 11.4. The highest BCUT2D eigenvalue weighted by molar-refractivity contribution is 5.38. The van der Waals surface area contributed by atoms with E-state index in [2.05, 4.69) is 47.4 Å². The van der Waals surface area contributed by atoms with Crippen LogP contribution in [-0.4, -0.2) is 25.6 Å². The van der Waals surface area contributed by atoms with Gasteiger partial charge in [-0.1, -0.05) is 13.0 Å². The van der Waals surface area contributed by atoms with E-state index in [1.54, 1.807) is 0 Å². The molecule has 1 aliphatic carbocycles. The fraction of sp³-hybridized carbons (Fsp3) is 0.615. The molecule has 1 fully saturated rings. The Morgan fingerprint density at radius 1 is 1.50 bits per heavy atom. The lowest BCUT2D eigenvalue weighted by Crippen LogP contribution is -2.22. The molecule has 1 saturated carbocycles. The van der Waals surface area contributed by atoms with Crippen LogP contribution in [-0.2, 0) is 6.54 Å². The van der Waals surface area contributed by atoms with Gasteiger partial charge in [-0.3, -0.25) is 0 Å². The van der Waals surface area contributed by atoms with E-state index in [4.69, 9.17) is 0 Å². The molecule has 0 amide bonds. The van der Waals surface area contributed by atoms with E-state index >= 15 is 0 Å². The maximum atomic E-state index is 4.63. The second-order valence-electron chi connectivity index (χ2n) is 4.87. The second kappa shape index (κ2) is 4.83. The highest BCUT2D eigenvalue weighted by Gasteiger charge is 2.33. The molecule has 1 aliphatic rings. The summed E-state index contributed by atoms with van der Waals surface area (Å²) in [5.74, 6) is 2.87. The van der Waals surface area contributed by atoms with Gasteiger partial charge in [0.05, 0.1) is 5.69 Å². The van der Waals surface area contributed by atoms with Crippen molar-refractivity contribution >= 4 is 5.82 Å². The fourth-order valence-electron chi connectivity index (χ4n) is 2.06. The van der Waals surface area contributed by atoms with Gasteiger partial charge in [0.15, 0.2) is 0 Å². The maximum absolute atomic E-state index is 4.63. The summed E-state index contributed by atoms with van der Waals surface area (Å²) in [6.07, 6.45) is 1.38. The summed E-state index contributed by atoms with van der Waals surface area (Å²) in [6, 6.07) is 6.24. The first-order valence-corrected chi connectivity index (χ1v) is 6.02. The van der Waals surface area contributed by atoms with Gasteiger partial charge in [-0.15, -0.1) is 0 Å². The van der Waals surface area contributed by atoms with Crippen LogP contribution in [0.3, 0.4) is 0 Å². The normalized spacial score (nSPS) is 23.2. The molecule has 0 spiro atoms. The zero-order valence-corrected chi connectivity index (χ0v) is 10.4. The van der Waals surface area contributed by atoms with Crippen molar-refractivity contribution in [2.75, 3.05) is 25.5 Å². The maximum Gasteiger partial charge on any atom is 0.128 e. The first-order valence-electron chi connectivity index (χ1n) is 6.02. The van der Waals surface area contributed by atoms with E-state index < -0.39 is 0 Å². The standard InChI is InChI=1S/C13H21N3/c1-10-7-11(10)9-16(3)13-6-4-5-12(15-13)8-14-2/h4-6,10-11,14H,7-9H2,1-3H3. The number of nitrogens with one attached hydrogen (secondary N) is 1. The van der Waals surface area contributed by atoms with Crippen LogP contribution in [0.5, 0.6) is 0 Å². The minimum absolute atomic E-state index is 0.835. The molecule has 1 heterocycles. The molecule has 2 atom stereocenters. The van der Waals surface area contributed by atoms with Gasteiger partial charge in [0, 0.05) is 20.1 Å². The van der Waals surface area contributed by atoms with Crippen LogP contribution in [0, 0.1) is 11.8 Å². The molecular weight excluding hydrogens is 198 g/mol. The number of nitrogens with zero attached hydrogens (tertiary/aromatic N) is 2. The fourth-order valence-corrected chi connectivity index (χ4v) is 2.06. The minimum Gasteiger partial charge on any atom is -0.359 e. The van der Waals surface area contributed by atoms with Crippen molar-refractivity contribution in [1.29, 1.82) is 0 Å². The van der Waals surface area contributed by atoms with Crippen molar-refractivity contribution in [2.45, 2.75) is 19.9 Å². The number of hydrogen-bond acceptors (Lipinski definition) is 3. The van der Waals surface area contributed by atoms with E-state index in [0.717, 1.165) is 36.4 Å². The minimum atomic E-state index is 0.835. The summed E-state index contributed by atoms with van der Waals surface area (Å²) in [5.41, 5.74) is 1.11. The van der Waals surface area contributed by atoms with Gasteiger partial charge in [0.1, 0.15) is 5.82 Å². The molecule has 1 aromatic heterocycles. The quantitative estimate of drug-likeness (QED) is 0.819. The van der Waals surface area contributed by atoms with Gasteiger partial charge in [0.25, 0.3) is 0 Å². The summed E-state index contributed by atoms with van der Waals surface area (Å²) >= 11 is 0. The Morgan fingerprint density at radius 2 is 2.25 bits per heavy atom. The summed E-state index contributed by atoms with van der Waals surface area (Å²) in [6.45, 7) is 4.29. The topological polar surface area (TPSA) is 28.2 Å². The highest BCUT2D eigenvalue weighted by atomic mass is 15.2. The third kappa shape index (κ3) is 2.73. The van der Waals surface area contributed by atoms with Crippen LogP contribution in [0.4, 0.5) is 5.82 Å². The van der Waals surface area contributed by atoms with E-state index in [9.17, 15) is 0 Å². The zero-order chi connectivity index (χ0) is 11.5. The van der Waals surface area contributed by atoms with Gasteiger partial charge >= 0.3 is 0 Å². The molecule has 0 aromatic carbocycles. The third-order valence-corrected chi connectivity index (χ3v) is 3.33. The van der Waals surface area contributed by atoms with Crippen molar-refractivity contribution in [3.8, 4) is 0 Å². The Kier molecular flexibility index (Phi) is 3.44. The largest absolute Gasteiger partial charge is 0.359 e. The number of rotatable bonds is 5. The molecule has 2 rings (SSSR count). The molecule has 3 heteroatoms. The molecule has 0 aliphatic heterocycles. The Morgan fingerprint density at radius 3 is 2.88 bits per heavy atom. The van der Waals surface area contributed by atoms with Crippen molar-refractivity contribution in [1.82, 2.24) is 10.3 Å². The molecule has 16 heavy (non-hydrogen) atoms. The van der Waals surface area contributed by atoms with Gasteiger partial charge in [0.2, 0.25) is 0 Å². The smallest absolute Gasteiger partial charge is 0.128 e.